The first-order chi connectivity index (χ1) is 16.9. The smallest absolute Gasteiger partial charge is 0.419 e. The van der Waals surface area contributed by atoms with Crippen molar-refractivity contribution in [2.45, 2.75) is 13.1 Å². The van der Waals surface area contributed by atoms with E-state index in [0.29, 0.717) is 6.07 Å². The number of carbonyl (C=O) groups excluding carboxylic acids is 2. The number of hydrogen-bond donors (Lipinski definition) is 1. The summed E-state index contributed by atoms with van der Waals surface area (Å²) in [5.74, 6) is -8.20. The minimum atomic E-state index is -5.17. The van der Waals surface area contributed by atoms with Crippen LogP contribution in [0.15, 0.2) is 42.5 Å². The molecule has 0 fully saturated rings. The van der Waals surface area contributed by atoms with E-state index in [-0.39, 0.29) is 29.1 Å². The number of ether oxygens (including phenoxy) is 3. The molecule has 0 saturated heterocycles. The summed E-state index contributed by atoms with van der Waals surface area (Å²) in [6.07, 6.45) is -5.17. The van der Waals surface area contributed by atoms with Gasteiger partial charge in [0.25, 0.3) is 5.91 Å². The van der Waals surface area contributed by atoms with E-state index in [2.05, 4.69) is 5.32 Å². The Hall–Kier alpha value is -4.22. The van der Waals surface area contributed by atoms with Crippen molar-refractivity contribution >= 4 is 17.4 Å². The summed E-state index contributed by atoms with van der Waals surface area (Å²) in [6, 6.07) is 5.97. The zero-order chi connectivity index (χ0) is 26.8. The van der Waals surface area contributed by atoms with Crippen LogP contribution < -0.4 is 19.5 Å². The first kappa shape index (κ1) is 26.4. The van der Waals surface area contributed by atoms with Crippen LogP contribution in [0.25, 0.3) is 0 Å². The monoisotopic (exact) mass is 513 g/mol. The average molecular weight is 513 g/mol. The molecule has 1 amide bonds. The minimum absolute atomic E-state index is 0.000160. The van der Waals surface area contributed by atoms with Gasteiger partial charge in [0.1, 0.15) is 17.3 Å². The lowest BCUT2D eigenvalue weighted by Gasteiger charge is -2.17. The Kier molecular flexibility index (Phi) is 7.46. The number of nitrogens with one attached hydrogen (secondary N) is 1. The van der Waals surface area contributed by atoms with E-state index in [1.54, 1.807) is 0 Å². The largest absolute Gasteiger partial charge is 0.497 e. The molecule has 0 aromatic heterocycles. The van der Waals surface area contributed by atoms with Gasteiger partial charge in [0.2, 0.25) is 11.6 Å². The molecule has 0 aliphatic heterocycles. The molecule has 1 N–H and O–H groups in total. The second kappa shape index (κ2) is 10.2. The fourth-order valence-corrected chi connectivity index (χ4v) is 3.18. The van der Waals surface area contributed by atoms with Gasteiger partial charge in [-0.1, -0.05) is 0 Å². The summed E-state index contributed by atoms with van der Waals surface area (Å²) in [4.78, 5) is 25.0. The first-order valence-corrected chi connectivity index (χ1v) is 9.98. The number of amides is 1. The minimum Gasteiger partial charge on any atom is -0.497 e. The second-order valence-electron chi connectivity index (χ2n) is 7.24. The van der Waals surface area contributed by atoms with Crippen LogP contribution in [-0.2, 0) is 6.18 Å². The number of Topliss-reactive ketones (excluding diaryl/α,β-unsaturated/α-hetero) is 1. The lowest BCUT2D eigenvalue weighted by molar-refractivity contribution is -0.140. The fraction of sp³-hybridized carbons (Fsp3) is 0.167. The van der Waals surface area contributed by atoms with Gasteiger partial charge in [-0.05, 0) is 49.4 Å². The van der Waals surface area contributed by atoms with Gasteiger partial charge < -0.3 is 19.5 Å². The lowest BCUT2D eigenvalue weighted by Crippen LogP contribution is -2.17. The number of carbonyl (C=O) groups is 2. The van der Waals surface area contributed by atoms with Crippen molar-refractivity contribution in [1.29, 1.82) is 0 Å². The van der Waals surface area contributed by atoms with E-state index in [1.807, 2.05) is 0 Å². The van der Waals surface area contributed by atoms with Crippen LogP contribution in [0, 0.1) is 17.5 Å². The van der Waals surface area contributed by atoms with Crippen LogP contribution >= 0.6 is 0 Å². The summed E-state index contributed by atoms with van der Waals surface area (Å²) in [5.41, 5.74) is -2.56. The van der Waals surface area contributed by atoms with Gasteiger partial charge in [-0.2, -0.15) is 17.6 Å². The first-order valence-electron chi connectivity index (χ1n) is 9.98. The summed E-state index contributed by atoms with van der Waals surface area (Å²) in [6.45, 7) is 1.20. The van der Waals surface area contributed by atoms with Crippen molar-refractivity contribution in [3.05, 3.63) is 76.6 Å². The van der Waals surface area contributed by atoms with Crippen molar-refractivity contribution in [1.82, 2.24) is 0 Å². The van der Waals surface area contributed by atoms with Gasteiger partial charge in [-0.3, -0.25) is 9.59 Å². The highest BCUT2D eigenvalue weighted by Gasteiger charge is 2.36. The molecule has 190 valence electrons. The van der Waals surface area contributed by atoms with E-state index in [0.717, 1.165) is 13.2 Å². The molecule has 0 atom stereocenters. The highest BCUT2D eigenvalue weighted by atomic mass is 19.4. The van der Waals surface area contributed by atoms with Crippen LogP contribution in [0.4, 0.5) is 32.0 Å². The summed E-state index contributed by atoms with van der Waals surface area (Å²) in [5, 5.41) is 2.31. The predicted molar refractivity (Wildman–Crippen MR) is 115 cm³/mol. The number of anilines is 1. The number of alkyl halides is 3. The molecule has 0 bridgehead atoms. The Morgan fingerprint density at radius 2 is 1.53 bits per heavy atom. The van der Waals surface area contributed by atoms with Crippen LogP contribution in [0.3, 0.4) is 0 Å². The molecule has 3 rings (SSSR count). The van der Waals surface area contributed by atoms with Crippen LogP contribution in [0.1, 0.15) is 33.2 Å². The van der Waals surface area contributed by atoms with Crippen molar-refractivity contribution in [3.63, 3.8) is 0 Å². The number of ketones is 1. The molecule has 3 aromatic rings. The maximum Gasteiger partial charge on any atom is 0.419 e. The number of halogens is 6. The number of methoxy groups -OCH3 is 2. The van der Waals surface area contributed by atoms with Gasteiger partial charge in [0.15, 0.2) is 17.3 Å². The highest BCUT2D eigenvalue weighted by Crippen LogP contribution is 2.40. The standard InChI is InChI=1S/C24H17F6NO5/c1-11(32)13-8-12(34-2)4-6-18(13)31-23(33)14-9-17(26)15(24(28,29)30)10-20(14)36-19-7-5-16(25)21(27)22(19)35-3/h4-10H,1-3H3,(H,31,33). The third-order valence-corrected chi connectivity index (χ3v) is 4.91. The van der Waals surface area contributed by atoms with Gasteiger partial charge in [0.05, 0.1) is 31.0 Å². The van der Waals surface area contributed by atoms with Crippen LogP contribution in [0.2, 0.25) is 0 Å². The Bertz CT molecular complexity index is 1340. The summed E-state index contributed by atoms with van der Waals surface area (Å²) < 4.78 is 97.1. The fourth-order valence-electron chi connectivity index (χ4n) is 3.18. The van der Waals surface area contributed by atoms with Crippen molar-refractivity contribution in [2.75, 3.05) is 19.5 Å². The normalized spacial score (nSPS) is 11.1. The van der Waals surface area contributed by atoms with E-state index >= 15 is 0 Å². The number of hydrogen-bond acceptors (Lipinski definition) is 5. The van der Waals surface area contributed by atoms with E-state index < -0.39 is 63.7 Å². The molecular formula is C24H17F6NO5. The van der Waals surface area contributed by atoms with Crippen molar-refractivity contribution in [3.8, 4) is 23.0 Å². The molecule has 0 aliphatic rings. The van der Waals surface area contributed by atoms with Gasteiger partial charge in [-0.25, -0.2) is 8.78 Å². The molecule has 0 aliphatic carbocycles. The molecule has 36 heavy (non-hydrogen) atoms. The zero-order valence-electron chi connectivity index (χ0n) is 18.9. The molecule has 6 nitrogen and oxygen atoms in total. The third kappa shape index (κ3) is 5.37. The Morgan fingerprint density at radius 3 is 2.11 bits per heavy atom. The van der Waals surface area contributed by atoms with Gasteiger partial charge in [-0.15, -0.1) is 0 Å². The average Bonchev–Trinajstić information content (AvgIpc) is 2.81. The predicted octanol–water partition coefficient (Wildman–Crippen LogP) is 6.39. The maximum atomic E-state index is 14.4. The molecule has 12 heteroatoms. The highest BCUT2D eigenvalue weighted by molar-refractivity contribution is 6.10. The quantitative estimate of drug-likeness (QED) is 0.293. The Morgan fingerprint density at radius 1 is 0.833 bits per heavy atom. The third-order valence-electron chi connectivity index (χ3n) is 4.91. The molecule has 3 aromatic carbocycles. The van der Waals surface area contributed by atoms with Gasteiger partial charge in [0, 0.05) is 5.56 Å². The maximum absolute atomic E-state index is 14.4. The topological polar surface area (TPSA) is 73.9 Å². The zero-order valence-corrected chi connectivity index (χ0v) is 18.9. The number of benzene rings is 3. The summed E-state index contributed by atoms with van der Waals surface area (Å²) in [7, 11) is 2.30. The molecule has 0 heterocycles. The van der Waals surface area contributed by atoms with Crippen LogP contribution in [0.5, 0.6) is 23.0 Å². The molecule has 0 unspecified atom stereocenters. The second-order valence-corrected chi connectivity index (χ2v) is 7.24. The Labute approximate surface area is 200 Å². The van der Waals surface area contributed by atoms with Gasteiger partial charge >= 0.3 is 6.18 Å². The molecule has 0 spiro atoms. The SMILES string of the molecule is COc1ccc(NC(=O)c2cc(F)c(C(F)(F)F)cc2Oc2ccc(F)c(F)c2OC)c(C(C)=O)c1. The van der Waals surface area contributed by atoms with Crippen molar-refractivity contribution < 1.29 is 50.1 Å². The lowest BCUT2D eigenvalue weighted by atomic mass is 10.1. The Balaban J connectivity index is 2.13. The van der Waals surface area contributed by atoms with Crippen molar-refractivity contribution in [2.24, 2.45) is 0 Å². The molecule has 0 saturated carbocycles. The van der Waals surface area contributed by atoms with E-state index in [4.69, 9.17) is 14.2 Å². The molecular weight excluding hydrogens is 496 g/mol. The van der Waals surface area contributed by atoms with E-state index in [9.17, 15) is 35.9 Å². The van der Waals surface area contributed by atoms with Crippen LogP contribution in [-0.4, -0.2) is 25.9 Å². The molecule has 0 radical (unpaired) electrons. The van der Waals surface area contributed by atoms with E-state index in [1.165, 1.54) is 32.2 Å². The summed E-state index contributed by atoms with van der Waals surface area (Å²) >= 11 is 0. The number of rotatable bonds is 7.